The van der Waals surface area contributed by atoms with Gasteiger partial charge in [-0.25, -0.2) is 4.39 Å². The maximum absolute atomic E-state index is 13.6. The molecule has 2 aromatic rings. The Bertz CT molecular complexity index is 557. The number of hydrogen-bond donors (Lipinski definition) is 0. The van der Waals surface area contributed by atoms with Crippen LogP contribution in [0.3, 0.4) is 0 Å². The van der Waals surface area contributed by atoms with Crippen molar-refractivity contribution in [2.45, 2.75) is 18.7 Å². The number of aromatic nitrogens is 1. The van der Waals surface area contributed by atoms with Crippen molar-refractivity contribution in [1.29, 1.82) is 0 Å². The summed E-state index contributed by atoms with van der Waals surface area (Å²) in [6, 6.07) is 8.69. The largest absolute Gasteiger partial charge is 0.494 e. The molecule has 1 atom stereocenters. The third kappa shape index (κ3) is 3.44. The number of methoxy groups -OCH3 is 1. The molecular weight excluding hydrogens is 265 g/mol. The fraction of sp³-hybridized carbons (Fsp3) is 0.267. The van der Waals surface area contributed by atoms with Gasteiger partial charge in [0.2, 0.25) is 0 Å². The van der Waals surface area contributed by atoms with Gasteiger partial charge in [0.05, 0.1) is 12.5 Å². The standard InChI is InChI=1S/C15H15ClFNO/c1-10-3-5-12(18-9-10)8-13(16)11-4-6-15(19-2)14(17)7-11/h3-7,9,13H,8H2,1-2H3. The molecule has 0 aliphatic heterocycles. The molecule has 0 amide bonds. The quantitative estimate of drug-likeness (QED) is 0.788. The average molecular weight is 280 g/mol. The molecule has 2 nitrogen and oxygen atoms in total. The molecule has 100 valence electrons. The molecule has 0 bridgehead atoms. The van der Waals surface area contributed by atoms with Gasteiger partial charge in [0.25, 0.3) is 0 Å². The summed E-state index contributed by atoms with van der Waals surface area (Å²) in [6.45, 7) is 1.98. The third-order valence-corrected chi connectivity index (χ3v) is 3.30. The SMILES string of the molecule is COc1ccc(C(Cl)Cc2ccc(C)cn2)cc1F. The predicted octanol–water partition coefficient (Wildman–Crippen LogP) is 4.06. The van der Waals surface area contributed by atoms with Crippen molar-refractivity contribution in [3.63, 3.8) is 0 Å². The summed E-state index contributed by atoms with van der Waals surface area (Å²) in [5.74, 6) is -0.177. The number of aryl methyl sites for hydroxylation is 1. The van der Waals surface area contributed by atoms with Crippen LogP contribution in [-0.2, 0) is 6.42 Å². The van der Waals surface area contributed by atoms with E-state index < -0.39 is 5.82 Å². The summed E-state index contributed by atoms with van der Waals surface area (Å²) in [5.41, 5.74) is 2.72. The second-order valence-corrected chi connectivity index (χ2v) is 4.92. The Labute approximate surface area is 117 Å². The number of halogens is 2. The number of alkyl halides is 1. The zero-order valence-corrected chi connectivity index (χ0v) is 11.6. The van der Waals surface area contributed by atoms with Crippen LogP contribution >= 0.6 is 11.6 Å². The molecule has 0 aliphatic rings. The fourth-order valence-electron chi connectivity index (χ4n) is 1.80. The van der Waals surface area contributed by atoms with Gasteiger partial charge in [-0.15, -0.1) is 11.6 Å². The number of benzene rings is 1. The van der Waals surface area contributed by atoms with Gasteiger partial charge in [-0.1, -0.05) is 12.1 Å². The van der Waals surface area contributed by atoms with Gasteiger partial charge in [-0.2, -0.15) is 0 Å². The molecule has 0 saturated heterocycles. The van der Waals surface area contributed by atoms with E-state index in [1.807, 2.05) is 19.1 Å². The summed E-state index contributed by atoms with van der Waals surface area (Å²) in [6.07, 6.45) is 2.36. The Kier molecular flexibility index (Phi) is 4.38. The zero-order chi connectivity index (χ0) is 13.8. The zero-order valence-electron chi connectivity index (χ0n) is 10.9. The molecule has 0 fully saturated rings. The molecule has 0 radical (unpaired) electrons. The predicted molar refractivity (Wildman–Crippen MR) is 74.2 cm³/mol. The molecule has 0 saturated carbocycles. The number of pyridine rings is 1. The minimum atomic E-state index is -0.400. The molecular formula is C15H15ClFNO. The van der Waals surface area contributed by atoms with E-state index in [9.17, 15) is 4.39 Å². The summed E-state index contributed by atoms with van der Waals surface area (Å²) >= 11 is 6.30. The first-order chi connectivity index (χ1) is 9.10. The van der Waals surface area contributed by atoms with Crippen LogP contribution in [0.2, 0.25) is 0 Å². The third-order valence-electron chi connectivity index (χ3n) is 2.90. The number of nitrogens with zero attached hydrogens (tertiary/aromatic N) is 1. The van der Waals surface area contributed by atoms with E-state index in [4.69, 9.17) is 16.3 Å². The van der Waals surface area contributed by atoms with E-state index in [0.717, 1.165) is 16.8 Å². The minimum Gasteiger partial charge on any atom is -0.494 e. The molecule has 1 heterocycles. The molecule has 2 rings (SSSR count). The smallest absolute Gasteiger partial charge is 0.165 e. The van der Waals surface area contributed by atoms with Crippen molar-refractivity contribution in [3.8, 4) is 5.75 Å². The minimum absolute atomic E-state index is 0.223. The lowest BCUT2D eigenvalue weighted by atomic mass is 10.1. The molecule has 0 N–H and O–H groups in total. The van der Waals surface area contributed by atoms with E-state index in [2.05, 4.69) is 4.98 Å². The highest BCUT2D eigenvalue weighted by molar-refractivity contribution is 6.20. The first-order valence-electron chi connectivity index (χ1n) is 5.99. The Morgan fingerprint density at radius 2 is 2.11 bits per heavy atom. The van der Waals surface area contributed by atoms with E-state index in [1.165, 1.54) is 13.2 Å². The van der Waals surface area contributed by atoms with E-state index in [1.54, 1.807) is 18.3 Å². The highest BCUT2D eigenvalue weighted by Crippen LogP contribution is 2.28. The van der Waals surface area contributed by atoms with Gasteiger partial charge in [-0.05, 0) is 36.2 Å². The van der Waals surface area contributed by atoms with Crippen molar-refractivity contribution in [2.75, 3.05) is 7.11 Å². The van der Waals surface area contributed by atoms with Crippen LogP contribution in [0.25, 0.3) is 0 Å². The van der Waals surface area contributed by atoms with Crippen molar-refractivity contribution >= 4 is 11.6 Å². The number of hydrogen-bond acceptors (Lipinski definition) is 2. The first-order valence-corrected chi connectivity index (χ1v) is 6.43. The van der Waals surface area contributed by atoms with Crippen LogP contribution in [0, 0.1) is 12.7 Å². The van der Waals surface area contributed by atoms with Crippen LogP contribution in [0.1, 0.15) is 22.2 Å². The highest BCUT2D eigenvalue weighted by atomic mass is 35.5. The normalized spacial score (nSPS) is 12.2. The molecule has 1 aromatic heterocycles. The van der Waals surface area contributed by atoms with Gasteiger partial charge in [-0.3, -0.25) is 4.98 Å². The van der Waals surface area contributed by atoms with Crippen LogP contribution < -0.4 is 4.74 Å². The second-order valence-electron chi connectivity index (χ2n) is 4.39. The Hall–Kier alpha value is -1.61. The molecule has 4 heteroatoms. The van der Waals surface area contributed by atoms with Gasteiger partial charge in [0.1, 0.15) is 0 Å². The van der Waals surface area contributed by atoms with Gasteiger partial charge in [0, 0.05) is 18.3 Å². The lowest BCUT2D eigenvalue weighted by molar-refractivity contribution is 0.386. The fourth-order valence-corrected chi connectivity index (χ4v) is 2.09. The Balaban J connectivity index is 2.13. The second kappa shape index (κ2) is 6.02. The highest BCUT2D eigenvalue weighted by Gasteiger charge is 2.12. The van der Waals surface area contributed by atoms with Crippen molar-refractivity contribution in [1.82, 2.24) is 4.98 Å². The van der Waals surface area contributed by atoms with E-state index in [-0.39, 0.29) is 11.1 Å². The van der Waals surface area contributed by atoms with Crippen molar-refractivity contribution < 1.29 is 9.13 Å². The Morgan fingerprint density at radius 3 is 2.68 bits per heavy atom. The summed E-state index contributed by atoms with van der Waals surface area (Å²) < 4.78 is 18.5. The lowest BCUT2D eigenvalue weighted by Gasteiger charge is -2.11. The first kappa shape index (κ1) is 13.8. The summed E-state index contributed by atoms with van der Waals surface area (Å²) in [5, 5.41) is -0.310. The van der Waals surface area contributed by atoms with Gasteiger partial charge >= 0.3 is 0 Å². The van der Waals surface area contributed by atoms with E-state index in [0.29, 0.717) is 6.42 Å². The monoisotopic (exact) mass is 279 g/mol. The molecule has 19 heavy (non-hydrogen) atoms. The Morgan fingerprint density at radius 1 is 1.32 bits per heavy atom. The maximum atomic E-state index is 13.6. The topological polar surface area (TPSA) is 22.1 Å². The number of rotatable bonds is 4. The molecule has 0 aliphatic carbocycles. The molecule has 1 unspecified atom stereocenters. The van der Waals surface area contributed by atoms with Gasteiger partial charge < -0.3 is 4.74 Å². The molecule has 1 aromatic carbocycles. The molecule has 0 spiro atoms. The number of ether oxygens (including phenoxy) is 1. The van der Waals surface area contributed by atoms with Gasteiger partial charge in [0.15, 0.2) is 11.6 Å². The van der Waals surface area contributed by atoms with Crippen LogP contribution in [0.15, 0.2) is 36.5 Å². The maximum Gasteiger partial charge on any atom is 0.165 e. The van der Waals surface area contributed by atoms with Crippen molar-refractivity contribution in [2.24, 2.45) is 0 Å². The lowest BCUT2D eigenvalue weighted by Crippen LogP contribution is -1.99. The summed E-state index contributed by atoms with van der Waals surface area (Å²) in [4.78, 5) is 4.30. The summed E-state index contributed by atoms with van der Waals surface area (Å²) in [7, 11) is 1.44. The van der Waals surface area contributed by atoms with Crippen LogP contribution in [-0.4, -0.2) is 12.1 Å². The average Bonchev–Trinajstić information content (AvgIpc) is 2.41. The van der Waals surface area contributed by atoms with Crippen molar-refractivity contribution in [3.05, 3.63) is 59.2 Å². The van der Waals surface area contributed by atoms with Crippen LogP contribution in [0.4, 0.5) is 4.39 Å². The van der Waals surface area contributed by atoms with Crippen LogP contribution in [0.5, 0.6) is 5.75 Å². The van der Waals surface area contributed by atoms with E-state index >= 15 is 0 Å².